The van der Waals surface area contributed by atoms with Crippen molar-refractivity contribution in [3.8, 4) is 0 Å². The minimum Gasteiger partial charge on any atom is -0.464 e. The molecule has 0 radical (unpaired) electrons. The Kier molecular flexibility index (Phi) is 3.39. The van der Waals surface area contributed by atoms with Crippen LogP contribution in [0.2, 0.25) is 0 Å². The van der Waals surface area contributed by atoms with E-state index in [1.807, 2.05) is 18.9 Å². The maximum Gasteiger partial charge on any atom is 0.358 e. The Morgan fingerprint density at radius 1 is 1.50 bits per heavy atom. The van der Waals surface area contributed by atoms with E-state index in [0.29, 0.717) is 0 Å². The number of esters is 1. The van der Waals surface area contributed by atoms with Gasteiger partial charge in [-0.3, -0.25) is 0 Å². The van der Waals surface area contributed by atoms with Crippen molar-refractivity contribution in [3.05, 3.63) is 18.1 Å². The number of hydrogen-bond donors (Lipinski definition) is 0. The summed E-state index contributed by atoms with van der Waals surface area (Å²) in [5.74, 6) is 0.267. The van der Waals surface area contributed by atoms with Crippen LogP contribution in [-0.4, -0.2) is 36.6 Å². The summed E-state index contributed by atoms with van der Waals surface area (Å²) in [6.45, 7) is 2.85. The number of methoxy groups -OCH3 is 1. The van der Waals surface area contributed by atoms with Crippen LogP contribution in [0, 0.1) is 0 Å². The Bertz CT molecular complexity index is 310. The summed E-state index contributed by atoms with van der Waals surface area (Å²) in [5, 5.41) is 0. The molecule has 1 aromatic rings. The van der Waals surface area contributed by atoms with E-state index >= 15 is 0 Å². The van der Waals surface area contributed by atoms with E-state index in [-0.39, 0.29) is 5.69 Å². The van der Waals surface area contributed by atoms with Gasteiger partial charge in [-0.25, -0.2) is 14.8 Å². The predicted octanol–water partition coefficient (Wildman–Crippen LogP) is 0.719. The van der Waals surface area contributed by atoms with Crippen molar-refractivity contribution in [2.45, 2.75) is 6.92 Å². The van der Waals surface area contributed by atoms with Gasteiger partial charge in [0, 0.05) is 13.6 Å². The van der Waals surface area contributed by atoms with Gasteiger partial charge in [0.1, 0.15) is 5.82 Å². The van der Waals surface area contributed by atoms with Crippen molar-refractivity contribution in [2.24, 2.45) is 0 Å². The summed E-state index contributed by atoms with van der Waals surface area (Å²) in [6, 6.07) is 0. The highest BCUT2D eigenvalue weighted by Gasteiger charge is 2.08. The Balaban J connectivity index is 2.83. The lowest BCUT2D eigenvalue weighted by Gasteiger charge is -2.14. The molecule has 0 unspecified atom stereocenters. The van der Waals surface area contributed by atoms with Crippen LogP contribution in [-0.2, 0) is 4.74 Å². The molecule has 1 aromatic heterocycles. The van der Waals surface area contributed by atoms with Crippen LogP contribution >= 0.6 is 0 Å². The summed E-state index contributed by atoms with van der Waals surface area (Å²) >= 11 is 0. The number of carbonyl (C=O) groups is 1. The standard InChI is InChI=1S/C9H13N3O2/c1-4-12(2)8-6-10-7(5-11-8)9(13)14-3/h5-6H,4H2,1-3H3. The molecule has 0 saturated heterocycles. The van der Waals surface area contributed by atoms with Crippen LogP contribution in [0.1, 0.15) is 17.4 Å². The van der Waals surface area contributed by atoms with Gasteiger partial charge in [-0.1, -0.05) is 0 Å². The van der Waals surface area contributed by atoms with Crippen molar-refractivity contribution in [1.29, 1.82) is 0 Å². The SMILES string of the molecule is CCN(C)c1cnc(C(=O)OC)cn1. The average Bonchev–Trinajstić information content (AvgIpc) is 2.27. The predicted molar refractivity (Wildman–Crippen MR) is 52.3 cm³/mol. The molecule has 0 aliphatic heterocycles. The number of carbonyl (C=O) groups excluding carboxylic acids is 1. The van der Waals surface area contributed by atoms with Crippen LogP contribution in [0.25, 0.3) is 0 Å². The lowest BCUT2D eigenvalue weighted by molar-refractivity contribution is 0.0593. The second kappa shape index (κ2) is 4.55. The molecule has 76 valence electrons. The molecule has 0 aromatic carbocycles. The van der Waals surface area contributed by atoms with E-state index in [0.717, 1.165) is 12.4 Å². The molecule has 14 heavy (non-hydrogen) atoms. The fourth-order valence-electron chi connectivity index (χ4n) is 0.890. The van der Waals surface area contributed by atoms with E-state index in [2.05, 4.69) is 14.7 Å². The lowest BCUT2D eigenvalue weighted by atomic mass is 10.4. The van der Waals surface area contributed by atoms with E-state index < -0.39 is 5.97 Å². The van der Waals surface area contributed by atoms with Crippen LogP contribution < -0.4 is 4.90 Å². The molecule has 0 spiro atoms. The quantitative estimate of drug-likeness (QED) is 0.665. The summed E-state index contributed by atoms with van der Waals surface area (Å²) in [6.07, 6.45) is 2.96. The summed E-state index contributed by atoms with van der Waals surface area (Å²) < 4.78 is 4.51. The molecule has 0 fully saturated rings. The van der Waals surface area contributed by atoms with Crippen molar-refractivity contribution in [2.75, 3.05) is 25.6 Å². The molecule has 1 heterocycles. The highest BCUT2D eigenvalue weighted by atomic mass is 16.5. The van der Waals surface area contributed by atoms with Crippen molar-refractivity contribution in [3.63, 3.8) is 0 Å². The van der Waals surface area contributed by atoms with Gasteiger partial charge < -0.3 is 9.64 Å². The molecule has 0 atom stereocenters. The number of ether oxygens (including phenoxy) is 1. The second-order valence-electron chi connectivity index (χ2n) is 2.77. The van der Waals surface area contributed by atoms with Crippen molar-refractivity contribution >= 4 is 11.8 Å². The summed E-state index contributed by atoms with van der Waals surface area (Å²) in [5.41, 5.74) is 0.223. The molecule has 5 heteroatoms. The highest BCUT2D eigenvalue weighted by Crippen LogP contribution is 2.06. The largest absolute Gasteiger partial charge is 0.464 e. The molecule has 0 bridgehead atoms. The van der Waals surface area contributed by atoms with E-state index in [4.69, 9.17) is 0 Å². The number of hydrogen-bond acceptors (Lipinski definition) is 5. The third-order valence-electron chi connectivity index (χ3n) is 1.90. The van der Waals surface area contributed by atoms with E-state index in [1.165, 1.54) is 13.3 Å². The first kappa shape index (κ1) is 10.4. The monoisotopic (exact) mass is 195 g/mol. The fraction of sp³-hybridized carbons (Fsp3) is 0.444. The number of aromatic nitrogens is 2. The Morgan fingerprint density at radius 3 is 2.64 bits per heavy atom. The average molecular weight is 195 g/mol. The van der Waals surface area contributed by atoms with Crippen LogP contribution in [0.3, 0.4) is 0 Å². The molecular weight excluding hydrogens is 182 g/mol. The first-order chi connectivity index (χ1) is 6.69. The van der Waals surface area contributed by atoms with Gasteiger partial charge in [-0.15, -0.1) is 0 Å². The van der Waals surface area contributed by atoms with Gasteiger partial charge in [0.15, 0.2) is 5.69 Å². The van der Waals surface area contributed by atoms with Gasteiger partial charge >= 0.3 is 5.97 Å². The van der Waals surface area contributed by atoms with Gasteiger partial charge in [0.05, 0.1) is 19.5 Å². The topological polar surface area (TPSA) is 55.3 Å². The fourth-order valence-corrected chi connectivity index (χ4v) is 0.890. The van der Waals surface area contributed by atoms with Gasteiger partial charge in [-0.05, 0) is 6.92 Å². The Morgan fingerprint density at radius 2 is 2.21 bits per heavy atom. The number of rotatable bonds is 3. The lowest BCUT2D eigenvalue weighted by Crippen LogP contribution is -2.18. The maximum atomic E-state index is 11.0. The highest BCUT2D eigenvalue weighted by molar-refractivity contribution is 5.86. The summed E-state index contributed by atoms with van der Waals surface area (Å²) in [7, 11) is 3.22. The first-order valence-electron chi connectivity index (χ1n) is 4.30. The van der Waals surface area contributed by atoms with Crippen LogP contribution in [0.15, 0.2) is 12.4 Å². The third-order valence-corrected chi connectivity index (χ3v) is 1.90. The van der Waals surface area contributed by atoms with Crippen LogP contribution in [0.5, 0.6) is 0 Å². The summed E-state index contributed by atoms with van der Waals surface area (Å²) in [4.78, 5) is 21.0. The number of nitrogens with zero attached hydrogens (tertiary/aromatic N) is 3. The maximum absolute atomic E-state index is 11.0. The minimum atomic E-state index is -0.469. The van der Waals surface area contributed by atoms with Crippen LogP contribution in [0.4, 0.5) is 5.82 Å². The van der Waals surface area contributed by atoms with E-state index in [1.54, 1.807) is 6.20 Å². The minimum absolute atomic E-state index is 0.223. The molecule has 5 nitrogen and oxygen atoms in total. The molecule has 0 N–H and O–H groups in total. The van der Waals surface area contributed by atoms with Gasteiger partial charge in [-0.2, -0.15) is 0 Å². The van der Waals surface area contributed by atoms with Gasteiger partial charge in [0.25, 0.3) is 0 Å². The third kappa shape index (κ3) is 2.18. The van der Waals surface area contributed by atoms with Gasteiger partial charge in [0.2, 0.25) is 0 Å². The second-order valence-corrected chi connectivity index (χ2v) is 2.77. The molecular formula is C9H13N3O2. The zero-order valence-corrected chi connectivity index (χ0v) is 8.52. The Hall–Kier alpha value is -1.65. The molecule has 0 amide bonds. The van der Waals surface area contributed by atoms with Crippen molar-refractivity contribution < 1.29 is 9.53 Å². The molecule has 0 saturated carbocycles. The molecule has 0 aliphatic carbocycles. The zero-order chi connectivity index (χ0) is 10.6. The number of anilines is 1. The molecule has 1 rings (SSSR count). The van der Waals surface area contributed by atoms with Crippen molar-refractivity contribution in [1.82, 2.24) is 9.97 Å². The normalized spacial score (nSPS) is 9.64. The Labute approximate surface area is 82.7 Å². The van der Waals surface area contributed by atoms with E-state index in [9.17, 15) is 4.79 Å². The smallest absolute Gasteiger partial charge is 0.358 e. The first-order valence-corrected chi connectivity index (χ1v) is 4.30. The molecule has 0 aliphatic rings. The zero-order valence-electron chi connectivity index (χ0n) is 8.52.